The molecule has 0 spiro atoms. The summed E-state index contributed by atoms with van der Waals surface area (Å²) in [6, 6.07) is 11.5. The Hall–Kier alpha value is -2.41. The standard InChI is InChI=1S/C18H23N5OS/c1-13-7-6-10-23(12-13)15-11-16(24-14-8-4-3-5-9-14)21-17(20-15)22-18(25)19-2/h3-5,8-9,11,13H,6-7,10,12H2,1-2H3,(H2,19,20,21,22,25)/t13-/m1/s1. The Morgan fingerprint density at radius 1 is 1.28 bits per heavy atom. The molecule has 2 aromatic rings. The lowest BCUT2D eigenvalue weighted by atomic mass is 10.0. The molecule has 1 atom stereocenters. The van der Waals surface area contributed by atoms with Crippen LogP contribution in [0.15, 0.2) is 36.4 Å². The predicted octanol–water partition coefficient (Wildman–Crippen LogP) is 3.42. The average Bonchev–Trinajstić information content (AvgIpc) is 2.62. The van der Waals surface area contributed by atoms with Crippen LogP contribution >= 0.6 is 12.2 Å². The fourth-order valence-corrected chi connectivity index (χ4v) is 2.95. The number of ether oxygens (including phenoxy) is 1. The van der Waals surface area contributed by atoms with Crippen molar-refractivity contribution in [1.29, 1.82) is 0 Å². The van der Waals surface area contributed by atoms with E-state index in [4.69, 9.17) is 17.0 Å². The molecule has 1 fully saturated rings. The molecule has 1 aromatic heterocycles. The van der Waals surface area contributed by atoms with Crippen molar-refractivity contribution >= 4 is 29.1 Å². The van der Waals surface area contributed by atoms with E-state index in [1.807, 2.05) is 36.4 Å². The van der Waals surface area contributed by atoms with Crippen molar-refractivity contribution in [3.63, 3.8) is 0 Å². The molecule has 0 aliphatic carbocycles. The van der Waals surface area contributed by atoms with Crippen LogP contribution in [0.3, 0.4) is 0 Å². The van der Waals surface area contributed by atoms with E-state index in [0.29, 0.717) is 22.9 Å². The highest BCUT2D eigenvalue weighted by Crippen LogP contribution is 2.27. The number of nitrogens with zero attached hydrogens (tertiary/aromatic N) is 3. The second-order valence-electron chi connectivity index (χ2n) is 6.20. The number of benzene rings is 1. The van der Waals surface area contributed by atoms with Crippen LogP contribution in [0, 0.1) is 5.92 Å². The zero-order valence-electron chi connectivity index (χ0n) is 14.5. The Morgan fingerprint density at radius 2 is 2.08 bits per heavy atom. The van der Waals surface area contributed by atoms with Gasteiger partial charge in [-0.3, -0.25) is 0 Å². The van der Waals surface area contributed by atoms with Gasteiger partial charge in [0.2, 0.25) is 11.8 Å². The Kier molecular flexibility index (Phi) is 5.65. The Bertz CT molecular complexity index is 725. The van der Waals surface area contributed by atoms with Gasteiger partial charge in [-0.1, -0.05) is 25.1 Å². The topological polar surface area (TPSA) is 62.3 Å². The zero-order valence-corrected chi connectivity index (χ0v) is 15.3. The van der Waals surface area contributed by atoms with Gasteiger partial charge in [-0.15, -0.1) is 0 Å². The molecule has 6 nitrogen and oxygen atoms in total. The van der Waals surface area contributed by atoms with E-state index in [1.165, 1.54) is 6.42 Å². The molecule has 2 N–H and O–H groups in total. The van der Waals surface area contributed by atoms with Gasteiger partial charge in [0, 0.05) is 26.2 Å². The number of hydrogen-bond acceptors (Lipinski definition) is 5. The minimum Gasteiger partial charge on any atom is -0.439 e. The van der Waals surface area contributed by atoms with Crippen molar-refractivity contribution in [2.45, 2.75) is 19.8 Å². The normalized spacial score (nSPS) is 17.0. The van der Waals surface area contributed by atoms with Gasteiger partial charge in [-0.05, 0) is 43.1 Å². The van der Waals surface area contributed by atoms with Gasteiger partial charge >= 0.3 is 0 Å². The predicted molar refractivity (Wildman–Crippen MR) is 104 cm³/mol. The SMILES string of the molecule is CNC(=S)Nc1nc(Oc2ccccc2)cc(N2CCC[C@@H](C)C2)n1. The van der Waals surface area contributed by atoms with E-state index in [1.54, 1.807) is 7.05 Å². The fourth-order valence-electron chi connectivity index (χ4n) is 2.85. The number of thiocarbonyl (C=S) groups is 1. The molecule has 132 valence electrons. The maximum atomic E-state index is 5.91. The molecule has 1 aliphatic rings. The van der Waals surface area contributed by atoms with Crippen molar-refractivity contribution < 1.29 is 4.74 Å². The molecule has 1 aliphatic heterocycles. The molecule has 1 aromatic carbocycles. The van der Waals surface area contributed by atoms with Crippen molar-refractivity contribution in [3.05, 3.63) is 36.4 Å². The maximum Gasteiger partial charge on any atom is 0.234 e. The summed E-state index contributed by atoms with van der Waals surface area (Å²) >= 11 is 5.17. The van der Waals surface area contributed by atoms with Crippen LogP contribution in [0.4, 0.5) is 11.8 Å². The molecule has 0 saturated carbocycles. The third-order valence-corrected chi connectivity index (χ3v) is 4.39. The van der Waals surface area contributed by atoms with E-state index < -0.39 is 0 Å². The van der Waals surface area contributed by atoms with Crippen LogP contribution in [-0.4, -0.2) is 35.2 Å². The lowest BCUT2D eigenvalue weighted by Crippen LogP contribution is -2.35. The Balaban J connectivity index is 1.88. The number of para-hydroxylation sites is 1. The Morgan fingerprint density at radius 3 is 2.80 bits per heavy atom. The van der Waals surface area contributed by atoms with Crippen LogP contribution in [-0.2, 0) is 0 Å². The first-order valence-electron chi connectivity index (χ1n) is 8.49. The molecule has 1 saturated heterocycles. The van der Waals surface area contributed by atoms with E-state index in [0.717, 1.165) is 31.1 Å². The van der Waals surface area contributed by atoms with E-state index in [2.05, 4.69) is 32.4 Å². The van der Waals surface area contributed by atoms with Gasteiger partial charge in [0.25, 0.3) is 0 Å². The zero-order chi connectivity index (χ0) is 17.6. The van der Waals surface area contributed by atoms with Crippen molar-refractivity contribution in [2.75, 3.05) is 30.4 Å². The van der Waals surface area contributed by atoms with Gasteiger partial charge in [0.05, 0.1) is 0 Å². The highest BCUT2D eigenvalue weighted by atomic mass is 32.1. The molecule has 25 heavy (non-hydrogen) atoms. The summed E-state index contributed by atoms with van der Waals surface area (Å²) in [7, 11) is 1.76. The summed E-state index contributed by atoms with van der Waals surface area (Å²) in [5.41, 5.74) is 0. The third-order valence-electron chi connectivity index (χ3n) is 4.09. The maximum absolute atomic E-state index is 5.91. The number of aromatic nitrogens is 2. The average molecular weight is 357 g/mol. The molecule has 0 amide bonds. The molecular formula is C18H23N5OS. The van der Waals surface area contributed by atoms with Crippen LogP contribution in [0.25, 0.3) is 0 Å². The number of rotatable bonds is 4. The second kappa shape index (κ2) is 8.11. The van der Waals surface area contributed by atoms with Crippen LogP contribution in [0.1, 0.15) is 19.8 Å². The number of hydrogen-bond donors (Lipinski definition) is 2. The molecule has 0 radical (unpaired) electrons. The first-order chi connectivity index (χ1) is 12.1. The molecule has 2 heterocycles. The fraction of sp³-hybridized carbons (Fsp3) is 0.389. The summed E-state index contributed by atoms with van der Waals surface area (Å²) < 4.78 is 5.91. The van der Waals surface area contributed by atoms with Crippen molar-refractivity contribution in [1.82, 2.24) is 15.3 Å². The van der Waals surface area contributed by atoms with E-state index in [9.17, 15) is 0 Å². The highest BCUT2D eigenvalue weighted by molar-refractivity contribution is 7.80. The summed E-state index contributed by atoms with van der Waals surface area (Å²) in [6.07, 6.45) is 2.42. The van der Waals surface area contributed by atoms with Gasteiger partial charge in [-0.2, -0.15) is 9.97 Å². The smallest absolute Gasteiger partial charge is 0.234 e. The van der Waals surface area contributed by atoms with Gasteiger partial charge in [0.15, 0.2) is 5.11 Å². The van der Waals surface area contributed by atoms with Gasteiger partial charge in [0.1, 0.15) is 11.6 Å². The first-order valence-corrected chi connectivity index (χ1v) is 8.90. The minimum atomic E-state index is 0.431. The third kappa shape index (κ3) is 4.79. The summed E-state index contributed by atoms with van der Waals surface area (Å²) in [6.45, 7) is 4.24. The van der Waals surface area contributed by atoms with Crippen LogP contribution in [0.5, 0.6) is 11.6 Å². The van der Waals surface area contributed by atoms with E-state index >= 15 is 0 Å². The number of anilines is 2. The first kappa shape index (κ1) is 17.4. The summed E-state index contributed by atoms with van der Waals surface area (Å²) in [4.78, 5) is 11.3. The molecule has 3 rings (SSSR count). The molecular weight excluding hydrogens is 334 g/mol. The van der Waals surface area contributed by atoms with Crippen LogP contribution < -0.4 is 20.3 Å². The molecule has 0 unspecified atom stereocenters. The largest absolute Gasteiger partial charge is 0.439 e. The van der Waals surface area contributed by atoms with Crippen LogP contribution in [0.2, 0.25) is 0 Å². The minimum absolute atomic E-state index is 0.431. The summed E-state index contributed by atoms with van der Waals surface area (Å²) in [5.74, 6) is 3.17. The Labute approximate surface area is 153 Å². The van der Waals surface area contributed by atoms with Crippen molar-refractivity contribution in [2.24, 2.45) is 5.92 Å². The highest BCUT2D eigenvalue weighted by Gasteiger charge is 2.19. The quantitative estimate of drug-likeness (QED) is 0.813. The van der Waals surface area contributed by atoms with Crippen molar-refractivity contribution in [3.8, 4) is 11.6 Å². The molecule has 0 bridgehead atoms. The van der Waals surface area contributed by atoms with Gasteiger partial charge < -0.3 is 20.3 Å². The number of nitrogens with one attached hydrogen (secondary N) is 2. The van der Waals surface area contributed by atoms with E-state index in [-0.39, 0.29) is 0 Å². The second-order valence-corrected chi connectivity index (χ2v) is 6.61. The molecule has 7 heteroatoms. The number of piperidine rings is 1. The lowest BCUT2D eigenvalue weighted by molar-refractivity contribution is 0.440. The van der Waals surface area contributed by atoms with Gasteiger partial charge in [-0.25, -0.2) is 0 Å². The lowest BCUT2D eigenvalue weighted by Gasteiger charge is -2.32. The summed E-state index contributed by atoms with van der Waals surface area (Å²) in [5, 5.41) is 6.34. The monoisotopic (exact) mass is 357 g/mol.